The van der Waals surface area contributed by atoms with Gasteiger partial charge in [-0.3, -0.25) is 4.79 Å². The van der Waals surface area contributed by atoms with Crippen molar-refractivity contribution in [2.45, 2.75) is 13.0 Å². The van der Waals surface area contributed by atoms with Crippen molar-refractivity contribution < 1.29 is 14.7 Å². The molecule has 1 saturated heterocycles. The molecule has 1 aliphatic rings. The molecule has 6 nitrogen and oxygen atoms in total. The van der Waals surface area contributed by atoms with E-state index in [4.69, 9.17) is 5.11 Å². The fourth-order valence-electron chi connectivity index (χ4n) is 1.98. The van der Waals surface area contributed by atoms with Gasteiger partial charge in [0.1, 0.15) is 11.7 Å². The fraction of sp³-hybridized carbons (Fsp3) is 0.417. The molecule has 0 saturated carbocycles. The topological polar surface area (TPSA) is 82.5 Å². The van der Waals surface area contributed by atoms with Crippen molar-refractivity contribution in [3.8, 4) is 0 Å². The first-order chi connectivity index (χ1) is 8.59. The van der Waals surface area contributed by atoms with E-state index in [9.17, 15) is 9.59 Å². The summed E-state index contributed by atoms with van der Waals surface area (Å²) in [4.78, 5) is 28.9. The van der Waals surface area contributed by atoms with Gasteiger partial charge in [-0.05, 0) is 19.1 Å². The van der Waals surface area contributed by atoms with Crippen LogP contribution < -0.4 is 5.32 Å². The summed E-state index contributed by atoms with van der Waals surface area (Å²) >= 11 is 0. The average Bonchev–Trinajstić information content (AvgIpc) is 2.38. The number of nitrogens with one attached hydrogen (secondary N) is 1. The van der Waals surface area contributed by atoms with E-state index < -0.39 is 12.0 Å². The second-order valence-corrected chi connectivity index (χ2v) is 4.22. The van der Waals surface area contributed by atoms with Crippen LogP contribution in [-0.2, 0) is 4.79 Å². The maximum Gasteiger partial charge on any atom is 0.327 e. The molecule has 1 aromatic heterocycles. The lowest BCUT2D eigenvalue weighted by molar-refractivity contribution is -0.142. The molecule has 1 aromatic rings. The van der Waals surface area contributed by atoms with Gasteiger partial charge in [0.15, 0.2) is 0 Å². The Morgan fingerprint density at radius 1 is 1.50 bits per heavy atom. The van der Waals surface area contributed by atoms with Gasteiger partial charge in [0, 0.05) is 25.3 Å². The van der Waals surface area contributed by atoms with E-state index >= 15 is 0 Å². The van der Waals surface area contributed by atoms with E-state index in [1.807, 2.05) is 0 Å². The molecule has 1 aliphatic heterocycles. The number of piperazine rings is 1. The van der Waals surface area contributed by atoms with Gasteiger partial charge in [-0.2, -0.15) is 0 Å². The summed E-state index contributed by atoms with van der Waals surface area (Å²) in [6.07, 6.45) is 0. The van der Waals surface area contributed by atoms with E-state index in [0.717, 1.165) is 5.69 Å². The maximum absolute atomic E-state index is 12.2. The van der Waals surface area contributed by atoms with Crippen LogP contribution in [0.1, 0.15) is 16.2 Å². The van der Waals surface area contributed by atoms with Crippen molar-refractivity contribution in [2.75, 3.05) is 19.6 Å². The zero-order valence-corrected chi connectivity index (χ0v) is 10.1. The molecule has 18 heavy (non-hydrogen) atoms. The number of carbonyl (C=O) groups is 2. The van der Waals surface area contributed by atoms with Crippen molar-refractivity contribution in [3.63, 3.8) is 0 Å². The number of aromatic nitrogens is 1. The van der Waals surface area contributed by atoms with Crippen LogP contribution in [0.25, 0.3) is 0 Å². The third kappa shape index (κ3) is 2.48. The average molecular weight is 249 g/mol. The van der Waals surface area contributed by atoms with Crippen LogP contribution in [0.2, 0.25) is 0 Å². The van der Waals surface area contributed by atoms with E-state index in [1.165, 1.54) is 4.90 Å². The fourth-order valence-corrected chi connectivity index (χ4v) is 1.98. The first-order valence-electron chi connectivity index (χ1n) is 5.78. The highest BCUT2D eigenvalue weighted by atomic mass is 16.4. The predicted molar refractivity (Wildman–Crippen MR) is 64.3 cm³/mol. The molecular formula is C12H15N3O3. The monoisotopic (exact) mass is 249 g/mol. The standard InChI is InChI=1S/C12H15N3O3/c1-8-3-2-4-9(14-8)11(16)15-6-5-13-7-10(15)12(17)18/h2-4,10,13H,5-7H2,1H3,(H,17,18). The number of amides is 1. The van der Waals surface area contributed by atoms with Crippen molar-refractivity contribution in [1.82, 2.24) is 15.2 Å². The number of carboxylic acid groups (broad SMARTS) is 1. The summed E-state index contributed by atoms with van der Waals surface area (Å²) in [6, 6.07) is 4.32. The van der Waals surface area contributed by atoms with E-state index in [0.29, 0.717) is 18.8 Å². The highest BCUT2D eigenvalue weighted by molar-refractivity contribution is 5.95. The largest absolute Gasteiger partial charge is 0.480 e. The van der Waals surface area contributed by atoms with E-state index in [1.54, 1.807) is 25.1 Å². The smallest absolute Gasteiger partial charge is 0.327 e. The van der Waals surface area contributed by atoms with Crippen LogP contribution in [0.3, 0.4) is 0 Å². The van der Waals surface area contributed by atoms with Crippen LogP contribution in [-0.4, -0.2) is 52.5 Å². The van der Waals surface area contributed by atoms with Crippen molar-refractivity contribution in [2.24, 2.45) is 0 Å². The molecule has 2 N–H and O–H groups in total. The second kappa shape index (κ2) is 5.14. The van der Waals surface area contributed by atoms with Gasteiger partial charge in [-0.25, -0.2) is 9.78 Å². The number of nitrogens with zero attached hydrogens (tertiary/aromatic N) is 2. The molecule has 0 radical (unpaired) electrons. The Labute approximate surface area is 105 Å². The predicted octanol–water partition coefficient (Wildman–Crippen LogP) is -0.111. The van der Waals surface area contributed by atoms with Gasteiger partial charge < -0.3 is 15.3 Å². The third-order valence-electron chi connectivity index (χ3n) is 2.90. The highest BCUT2D eigenvalue weighted by Crippen LogP contribution is 2.10. The lowest BCUT2D eigenvalue weighted by atomic mass is 10.1. The molecule has 0 aromatic carbocycles. The number of aryl methyl sites for hydroxylation is 1. The maximum atomic E-state index is 12.2. The summed E-state index contributed by atoms with van der Waals surface area (Å²) in [5, 5.41) is 12.1. The van der Waals surface area contributed by atoms with Gasteiger partial charge in [0.25, 0.3) is 5.91 Å². The first kappa shape index (κ1) is 12.5. The molecule has 0 spiro atoms. The van der Waals surface area contributed by atoms with Gasteiger partial charge in [-0.15, -0.1) is 0 Å². The molecule has 1 unspecified atom stereocenters. The van der Waals surface area contributed by atoms with Gasteiger partial charge in [0.2, 0.25) is 0 Å². The normalized spacial score (nSPS) is 19.6. The number of pyridine rings is 1. The summed E-state index contributed by atoms with van der Waals surface area (Å²) < 4.78 is 0. The lowest BCUT2D eigenvalue weighted by Gasteiger charge is -2.33. The van der Waals surface area contributed by atoms with Crippen LogP contribution in [0.4, 0.5) is 0 Å². The van der Waals surface area contributed by atoms with Crippen LogP contribution in [0.15, 0.2) is 18.2 Å². The van der Waals surface area contributed by atoms with Gasteiger partial charge in [-0.1, -0.05) is 6.07 Å². The van der Waals surface area contributed by atoms with Crippen molar-refractivity contribution in [3.05, 3.63) is 29.6 Å². The molecule has 2 rings (SSSR count). The molecule has 2 heterocycles. The minimum Gasteiger partial charge on any atom is -0.480 e. The Morgan fingerprint density at radius 3 is 2.94 bits per heavy atom. The molecule has 1 amide bonds. The Bertz CT molecular complexity index is 475. The Kier molecular flexibility index (Phi) is 3.57. The quantitative estimate of drug-likeness (QED) is 0.764. The van der Waals surface area contributed by atoms with Gasteiger partial charge >= 0.3 is 5.97 Å². The molecular weight excluding hydrogens is 234 g/mol. The number of hydrogen-bond donors (Lipinski definition) is 2. The lowest BCUT2D eigenvalue weighted by Crippen LogP contribution is -2.57. The number of rotatable bonds is 2. The second-order valence-electron chi connectivity index (χ2n) is 4.22. The highest BCUT2D eigenvalue weighted by Gasteiger charge is 2.32. The number of carbonyl (C=O) groups excluding carboxylic acids is 1. The third-order valence-corrected chi connectivity index (χ3v) is 2.90. The van der Waals surface area contributed by atoms with Crippen LogP contribution >= 0.6 is 0 Å². The Hall–Kier alpha value is -1.95. The van der Waals surface area contributed by atoms with Crippen molar-refractivity contribution in [1.29, 1.82) is 0 Å². The molecule has 1 fully saturated rings. The molecule has 0 bridgehead atoms. The molecule has 6 heteroatoms. The Morgan fingerprint density at radius 2 is 2.28 bits per heavy atom. The molecule has 0 aliphatic carbocycles. The van der Waals surface area contributed by atoms with Crippen LogP contribution in [0.5, 0.6) is 0 Å². The number of aliphatic carboxylic acids is 1. The first-order valence-corrected chi connectivity index (χ1v) is 5.78. The number of carboxylic acids is 1. The van der Waals surface area contributed by atoms with Crippen LogP contribution in [0, 0.1) is 6.92 Å². The minimum absolute atomic E-state index is 0.271. The zero-order valence-electron chi connectivity index (χ0n) is 10.1. The van der Waals surface area contributed by atoms with Gasteiger partial charge in [0.05, 0.1) is 0 Å². The van der Waals surface area contributed by atoms with E-state index in [-0.39, 0.29) is 12.5 Å². The minimum atomic E-state index is -0.997. The summed E-state index contributed by atoms with van der Waals surface area (Å²) in [7, 11) is 0. The van der Waals surface area contributed by atoms with Crippen molar-refractivity contribution >= 4 is 11.9 Å². The summed E-state index contributed by atoms with van der Waals surface area (Å²) in [6.45, 7) is 3.04. The van der Waals surface area contributed by atoms with E-state index in [2.05, 4.69) is 10.3 Å². The summed E-state index contributed by atoms with van der Waals surface area (Å²) in [5.41, 5.74) is 1.03. The molecule has 96 valence electrons. The number of hydrogen-bond acceptors (Lipinski definition) is 4. The molecule has 1 atom stereocenters. The Balaban J connectivity index is 2.23. The zero-order chi connectivity index (χ0) is 13.1. The SMILES string of the molecule is Cc1cccc(C(=O)N2CCNCC2C(=O)O)n1. The summed E-state index contributed by atoms with van der Waals surface area (Å²) in [5.74, 6) is -1.32.